The van der Waals surface area contributed by atoms with Gasteiger partial charge in [0.15, 0.2) is 12.4 Å². The zero-order chi connectivity index (χ0) is 19.8. The molecule has 2 aliphatic carbocycles. The van der Waals surface area contributed by atoms with Gasteiger partial charge in [0.25, 0.3) is 0 Å². The maximum Gasteiger partial charge on any atom is 0.230 e. The van der Waals surface area contributed by atoms with Crippen LogP contribution in [-0.4, -0.2) is 10.4 Å². The highest BCUT2D eigenvalue weighted by Crippen LogP contribution is 2.35. The lowest BCUT2D eigenvalue weighted by Crippen LogP contribution is -2.45. The highest BCUT2D eigenvalue weighted by atomic mass is 16.3. The monoisotopic (exact) mass is 384 g/mol. The van der Waals surface area contributed by atoms with Crippen LogP contribution in [0.4, 0.5) is 0 Å². The Balaban J connectivity index is 1.44. The summed E-state index contributed by atoms with van der Waals surface area (Å²) < 4.78 is 4.25. The molecule has 0 aliphatic heterocycles. The molecule has 0 saturated carbocycles. The zero-order valence-corrected chi connectivity index (χ0v) is 16.1. The first kappa shape index (κ1) is 17.7. The van der Waals surface area contributed by atoms with Gasteiger partial charge in [0, 0.05) is 30.8 Å². The molecular weight excluding hydrogens is 362 g/mol. The second-order valence-corrected chi connectivity index (χ2v) is 7.82. The number of rotatable bonds is 4. The van der Waals surface area contributed by atoms with Gasteiger partial charge >= 0.3 is 0 Å². The first-order chi connectivity index (χ1) is 14.2. The maximum absolute atomic E-state index is 13.1. The third-order valence-electron chi connectivity index (χ3n) is 6.07. The van der Waals surface area contributed by atoms with E-state index >= 15 is 0 Å². The molecule has 0 fully saturated rings. The first-order valence-electron chi connectivity index (χ1n) is 10.1. The molecule has 5 heteroatoms. The Kier molecular flexibility index (Phi) is 4.43. The third kappa shape index (κ3) is 3.23. The molecule has 1 aromatic carbocycles. The number of nitrogens with zero attached hydrogens (tertiary/aromatic N) is 3. The van der Waals surface area contributed by atoms with Crippen LogP contribution in [0.2, 0.25) is 0 Å². The number of hydrogen-bond acceptors (Lipinski definition) is 3. The van der Waals surface area contributed by atoms with Gasteiger partial charge in [0.1, 0.15) is 0 Å². The van der Waals surface area contributed by atoms with E-state index in [4.69, 9.17) is 0 Å². The Hall–Kier alpha value is -3.34. The molecule has 5 nitrogen and oxygen atoms in total. The molecular formula is C24H22N3O2+. The minimum Gasteiger partial charge on any atom is -0.343 e. The van der Waals surface area contributed by atoms with E-state index in [0.717, 1.165) is 36.7 Å². The number of carbonyl (C=O) groups excluding carboxylic acids is 1. The van der Waals surface area contributed by atoms with Crippen molar-refractivity contribution in [3.8, 4) is 0 Å². The van der Waals surface area contributed by atoms with Gasteiger partial charge in [0.05, 0.1) is 16.6 Å². The molecule has 1 atom stereocenters. The molecule has 2 aromatic heterocycles. The molecule has 0 saturated heterocycles. The van der Waals surface area contributed by atoms with E-state index in [1.165, 1.54) is 11.1 Å². The average molecular weight is 384 g/mol. The average Bonchev–Trinajstić information content (AvgIpc) is 3.16. The van der Waals surface area contributed by atoms with Crippen LogP contribution in [0.3, 0.4) is 0 Å². The number of nitroso groups, excluding NO2 is 1. The lowest BCUT2D eigenvalue weighted by Gasteiger charge is -2.24. The van der Waals surface area contributed by atoms with Crippen LogP contribution in [-0.2, 0) is 11.3 Å². The second-order valence-electron chi connectivity index (χ2n) is 7.82. The Morgan fingerprint density at radius 2 is 1.93 bits per heavy atom. The molecule has 29 heavy (non-hydrogen) atoms. The molecule has 0 radical (unpaired) electrons. The van der Waals surface area contributed by atoms with Crippen molar-refractivity contribution in [2.24, 2.45) is 5.18 Å². The van der Waals surface area contributed by atoms with E-state index in [0.29, 0.717) is 17.7 Å². The molecule has 5 rings (SSSR count). The largest absolute Gasteiger partial charge is 0.343 e. The SMILES string of the molecule is O=NC1=CC2=C(CC1)CCC([n+]1ccc3c(ccn3Cc3ccccc3)c1)C2=O. The van der Waals surface area contributed by atoms with Crippen molar-refractivity contribution >= 4 is 16.7 Å². The lowest BCUT2D eigenvalue weighted by atomic mass is 9.81. The fourth-order valence-electron chi connectivity index (χ4n) is 4.51. The number of Topliss-reactive ketones (excluding diaryl/α,β-unsaturated/α-hetero) is 1. The van der Waals surface area contributed by atoms with Crippen molar-refractivity contribution < 1.29 is 9.36 Å². The number of aromatic nitrogens is 2. The van der Waals surface area contributed by atoms with E-state index in [9.17, 15) is 9.70 Å². The molecule has 0 amide bonds. The minimum absolute atomic E-state index is 0.0974. The molecule has 0 bridgehead atoms. The summed E-state index contributed by atoms with van der Waals surface area (Å²) in [5, 5.41) is 4.18. The first-order valence-corrected chi connectivity index (χ1v) is 10.1. The summed E-state index contributed by atoms with van der Waals surface area (Å²) in [7, 11) is 0. The van der Waals surface area contributed by atoms with Gasteiger partial charge in [-0.05, 0) is 42.1 Å². The zero-order valence-electron chi connectivity index (χ0n) is 16.1. The van der Waals surface area contributed by atoms with Crippen molar-refractivity contribution in [2.45, 2.75) is 38.3 Å². The van der Waals surface area contributed by atoms with Crippen LogP contribution in [0.25, 0.3) is 10.9 Å². The Bertz CT molecular complexity index is 1170. The summed E-state index contributed by atoms with van der Waals surface area (Å²) in [5.74, 6) is 0.0974. The number of carbonyl (C=O) groups is 1. The van der Waals surface area contributed by atoms with Crippen molar-refractivity contribution in [1.29, 1.82) is 0 Å². The molecule has 144 valence electrons. The highest BCUT2D eigenvalue weighted by Gasteiger charge is 2.36. The van der Waals surface area contributed by atoms with Crippen molar-refractivity contribution in [3.63, 3.8) is 0 Å². The summed E-state index contributed by atoms with van der Waals surface area (Å²) in [6, 6.07) is 14.3. The van der Waals surface area contributed by atoms with Gasteiger partial charge in [-0.3, -0.25) is 4.79 Å². The maximum atomic E-state index is 13.1. The van der Waals surface area contributed by atoms with Crippen molar-refractivity contribution in [3.05, 3.63) is 94.4 Å². The van der Waals surface area contributed by atoms with Crippen LogP contribution < -0.4 is 4.57 Å². The van der Waals surface area contributed by atoms with E-state index in [-0.39, 0.29) is 11.8 Å². The van der Waals surface area contributed by atoms with Crippen LogP contribution in [0.1, 0.15) is 37.3 Å². The molecule has 3 aromatic rings. The Morgan fingerprint density at radius 3 is 2.76 bits per heavy atom. The fraction of sp³-hybridized carbons (Fsp3) is 0.250. The predicted octanol–water partition coefficient (Wildman–Crippen LogP) is 4.62. The van der Waals surface area contributed by atoms with Gasteiger partial charge in [-0.15, -0.1) is 4.91 Å². The van der Waals surface area contributed by atoms with Crippen LogP contribution in [0, 0.1) is 4.91 Å². The molecule has 2 heterocycles. The summed E-state index contributed by atoms with van der Waals surface area (Å²) in [6.07, 6.45) is 11.0. The van der Waals surface area contributed by atoms with Gasteiger partial charge in [0.2, 0.25) is 11.8 Å². The van der Waals surface area contributed by atoms with Crippen LogP contribution in [0.5, 0.6) is 0 Å². The highest BCUT2D eigenvalue weighted by molar-refractivity contribution is 6.01. The number of pyridine rings is 1. The van der Waals surface area contributed by atoms with E-state index in [1.807, 2.05) is 16.8 Å². The summed E-state index contributed by atoms with van der Waals surface area (Å²) in [4.78, 5) is 24.0. The normalized spacial score (nSPS) is 19.2. The van der Waals surface area contributed by atoms with Crippen LogP contribution in [0.15, 0.2) is 89.2 Å². The quantitative estimate of drug-likeness (QED) is 0.487. The topological polar surface area (TPSA) is 55.3 Å². The number of allylic oxidation sites excluding steroid dienone is 4. The van der Waals surface area contributed by atoms with Crippen LogP contribution >= 0.6 is 0 Å². The summed E-state index contributed by atoms with van der Waals surface area (Å²) >= 11 is 0. The van der Waals surface area contributed by atoms with E-state index in [2.05, 4.69) is 58.5 Å². The van der Waals surface area contributed by atoms with Gasteiger partial charge in [-0.1, -0.05) is 35.9 Å². The predicted molar refractivity (Wildman–Crippen MR) is 111 cm³/mol. The van der Waals surface area contributed by atoms with Gasteiger partial charge < -0.3 is 4.57 Å². The number of fused-ring (bicyclic) bond motifs is 1. The third-order valence-corrected chi connectivity index (χ3v) is 6.07. The van der Waals surface area contributed by atoms with Gasteiger partial charge in [-0.2, -0.15) is 4.57 Å². The van der Waals surface area contributed by atoms with Crippen molar-refractivity contribution in [1.82, 2.24) is 4.57 Å². The molecule has 1 unspecified atom stereocenters. The Labute approximate surface area is 168 Å². The summed E-state index contributed by atoms with van der Waals surface area (Å²) in [6.45, 7) is 0.819. The van der Waals surface area contributed by atoms with E-state index < -0.39 is 0 Å². The number of hydrogen-bond donors (Lipinski definition) is 0. The molecule has 2 aliphatic rings. The van der Waals surface area contributed by atoms with Crippen molar-refractivity contribution in [2.75, 3.05) is 0 Å². The van der Waals surface area contributed by atoms with Gasteiger partial charge in [-0.25, -0.2) is 0 Å². The minimum atomic E-state index is -0.224. The molecule has 0 N–H and O–H groups in total. The fourth-order valence-corrected chi connectivity index (χ4v) is 4.51. The number of benzene rings is 1. The second kappa shape index (κ2) is 7.24. The smallest absolute Gasteiger partial charge is 0.230 e. The lowest BCUT2D eigenvalue weighted by molar-refractivity contribution is -0.708. The molecule has 0 spiro atoms. The number of ketones is 1. The Morgan fingerprint density at radius 1 is 1.07 bits per heavy atom. The standard InChI is InChI=1S/C24H22N3O2/c28-24-21-14-20(25-29)8-6-18(21)7-9-23(24)27-13-11-22-19(16-27)10-12-26(22)15-17-4-2-1-3-5-17/h1-5,10-14,16,23H,6-9,15H2/q+1. The van der Waals surface area contributed by atoms with E-state index in [1.54, 1.807) is 6.08 Å². The summed E-state index contributed by atoms with van der Waals surface area (Å²) in [5.41, 5.74) is 4.77.